The first-order chi connectivity index (χ1) is 5.93. The molecule has 0 unspecified atom stereocenters. The molecule has 0 aliphatic rings. The normalized spacial score (nSPS) is 9.33. The molecular weight excluding hydrogens is 166 g/mol. The zero-order valence-corrected chi connectivity index (χ0v) is 7.73. The minimum absolute atomic E-state index is 0.915. The van der Waals surface area contributed by atoms with Crippen molar-refractivity contribution in [2.45, 2.75) is 12.8 Å². The van der Waals surface area contributed by atoms with Crippen LogP contribution in [-0.4, -0.2) is 12.0 Å². The van der Waals surface area contributed by atoms with Crippen LogP contribution in [0.5, 0.6) is 0 Å². The molecule has 1 N–H and O–H groups in total. The molecule has 0 saturated heterocycles. The molecule has 63 valence electrons. The van der Waals surface area contributed by atoms with Gasteiger partial charge in [-0.15, -0.1) is 0 Å². The lowest BCUT2D eigenvalue weighted by Gasteiger charge is -1.99. The molecule has 1 nitrogen and oxygen atoms in total. The predicted molar refractivity (Wildman–Crippen MR) is 55.4 cm³/mol. The van der Waals surface area contributed by atoms with Crippen LogP contribution >= 0.6 is 12.2 Å². The van der Waals surface area contributed by atoms with E-state index in [1.807, 2.05) is 6.07 Å². The summed E-state index contributed by atoms with van der Waals surface area (Å²) in [6.45, 7) is 0.915. The first kappa shape index (κ1) is 9.20. The van der Waals surface area contributed by atoms with Crippen molar-refractivity contribution in [2.75, 3.05) is 6.54 Å². The Morgan fingerprint density at radius 2 is 2.00 bits per heavy atom. The van der Waals surface area contributed by atoms with Crippen LogP contribution in [0.2, 0.25) is 0 Å². The van der Waals surface area contributed by atoms with Crippen molar-refractivity contribution in [3.8, 4) is 0 Å². The Labute approximate surface area is 78.8 Å². The Balaban J connectivity index is 2.20. The minimum atomic E-state index is 0.915. The molecule has 0 amide bonds. The van der Waals surface area contributed by atoms with Gasteiger partial charge in [-0.2, -0.15) is 0 Å². The molecule has 1 aromatic rings. The summed E-state index contributed by atoms with van der Waals surface area (Å²) in [4.78, 5) is 0. The van der Waals surface area contributed by atoms with Gasteiger partial charge >= 0.3 is 0 Å². The van der Waals surface area contributed by atoms with E-state index in [0.717, 1.165) is 19.4 Å². The molecule has 1 rings (SSSR count). The van der Waals surface area contributed by atoms with Gasteiger partial charge in [-0.25, -0.2) is 0 Å². The fraction of sp³-hybridized carbons (Fsp3) is 0.300. The van der Waals surface area contributed by atoms with Crippen LogP contribution in [0, 0.1) is 0 Å². The first-order valence-corrected chi connectivity index (χ1v) is 4.48. The third kappa shape index (κ3) is 3.49. The highest BCUT2D eigenvalue weighted by molar-refractivity contribution is 7.78. The van der Waals surface area contributed by atoms with E-state index in [0.29, 0.717) is 0 Å². The summed E-state index contributed by atoms with van der Waals surface area (Å²) in [5.74, 6) is 0. The summed E-state index contributed by atoms with van der Waals surface area (Å²) in [6.07, 6.45) is 2.21. The molecule has 0 aliphatic heterocycles. The molecular formula is C10H12NS. The second kappa shape index (κ2) is 5.72. The van der Waals surface area contributed by atoms with Gasteiger partial charge in [0.15, 0.2) is 0 Å². The molecule has 2 heteroatoms. The number of aryl methyl sites for hydroxylation is 1. The van der Waals surface area contributed by atoms with E-state index in [-0.39, 0.29) is 0 Å². The lowest BCUT2D eigenvalue weighted by atomic mass is 10.1. The molecule has 1 radical (unpaired) electrons. The van der Waals surface area contributed by atoms with Gasteiger partial charge in [0.05, 0.1) is 0 Å². The summed E-state index contributed by atoms with van der Waals surface area (Å²) >= 11 is 4.52. The van der Waals surface area contributed by atoms with Crippen LogP contribution in [0.3, 0.4) is 0 Å². The first-order valence-electron chi connectivity index (χ1n) is 4.07. The minimum Gasteiger partial charge on any atom is -0.374 e. The Morgan fingerprint density at radius 3 is 2.67 bits per heavy atom. The third-order valence-electron chi connectivity index (χ3n) is 1.68. The number of rotatable bonds is 5. The number of thiocarbonyl (C=S) groups is 1. The summed E-state index contributed by atoms with van der Waals surface area (Å²) in [5, 5.41) is 2.88. The Bertz CT molecular complexity index is 221. The molecule has 0 aliphatic carbocycles. The van der Waals surface area contributed by atoms with Gasteiger partial charge in [0.25, 0.3) is 0 Å². The van der Waals surface area contributed by atoms with Gasteiger partial charge in [0.1, 0.15) is 5.49 Å². The molecule has 0 heterocycles. The fourth-order valence-corrected chi connectivity index (χ4v) is 1.18. The van der Waals surface area contributed by atoms with Crippen molar-refractivity contribution < 1.29 is 0 Å². The van der Waals surface area contributed by atoms with Crippen molar-refractivity contribution in [3.63, 3.8) is 0 Å². The molecule has 0 fully saturated rings. The Kier molecular flexibility index (Phi) is 4.39. The summed E-state index contributed by atoms with van der Waals surface area (Å²) in [6, 6.07) is 10.4. The van der Waals surface area contributed by atoms with Crippen LogP contribution in [0.25, 0.3) is 0 Å². The largest absolute Gasteiger partial charge is 0.374 e. The van der Waals surface area contributed by atoms with Crippen molar-refractivity contribution in [3.05, 3.63) is 35.9 Å². The van der Waals surface area contributed by atoms with Gasteiger partial charge in [-0.05, 0) is 18.4 Å². The van der Waals surface area contributed by atoms with Crippen molar-refractivity contribution in [1.82, 2.24) is 5.32 Å². The second-order valence-electron chi connectivity index (χ2n) is 2.62. The molecule has 0 atom stereocenters. The van der Waals surface area contributed by atoms with Gasteiger partial charge in [-0.1, -0.05) is 42.5 Å². The molecule has 0 saturated carbocycles. The Hall–Kier alpha value is -0.890. The maximum absolute atomic E-state index is 4.52. The van der Waals surface area contributed by atoms with E-state index in [1.165, 1.54) is 5.56 Å². The van der Waals surface area contributed by atoms with E-state index in [1.54, 1.807) is 0 Å². The topological polar surface area (TPSA) is 12.0 Å². The van der Waals surface area contributed by atoms with E-state index < -0.39 is 0 Å². The van der Waals surface area contributed by atoms with Crippen molar-refractivity contribution in [2.24, 2.45) is 0 Å². The second-order valence-corrected chi connectivity index (χ2v) is 2.82. The lowest BCUT2D eigenvalue weighted by Crippen LogP contribution is -2.11. The highest BCUT2D eigenvalue weighted by Crippen LogP contribution is 2.00. The average Bonchev–Trinajstić information content (AvgIpc) is 2.14. The maximum atomic E-state index is 4.52. The smallest absolute Gasteiger partial charge is 0.134 e. The van der Waals surface area contributed by atoms with Crippen LogP contribution in [0.15, 0.2) is 30.3 Å². The maximum Gasteiger partial charge on any atom is 0.134 e. The van der Waals surface area contributed by atoms with Gasteiger partial charge in [0, 0.05) is 6.54 Å². The van der Waals surface area contributed by atoms with Crippen LogP contribution in [0.4, 0.5) is 0 Å². The van der Waals surface area contributed by atoms with Gasteiger partial charge in [-0.3, -0.25) is 0 Å². The number of hydrogen-bond donors (Lipinski definition) is 1. The van der Waals surface area contributed by atoms with Gasteiger partial charge < -0.3 is 5.32 Å². The van der Waals surface area contributed by atoms with E-state index in [2.05, 4.69) is 47.3 Å². The number of benzene rings is 1. The SMILES string of the molecule is S=[C]NCCCc1ccccc1. The average molecular weight is 178 g/mol. The number of nitrogens with one attached hydrogen (secondary N) is 1. The van der Waals surface area contributed by atoms with Gasteiger partial charge in [0.2, 0.25) is 0 Å². The fourth-order valence-electron chi connectivity index (χ4n) is 1.08. The standard InChI is InChI=1S/C10H12NS/c12-9-11-8-4-7-10-5-2-1-3-6-10/h1-3,5-6H,4,7-8H2,(H,11,12). The van der Waals surface area contributed by atoms with Crippen LogP contribution in [0.1, 0.15) is 12.0 Å². The monoisotopic (exact) mass is 178 g/mol. The lowest BCUT2D eigenvalue weighted by molar-refractivity contribution is 0.784. The predicted octanol–water partition coefficient (Wildman–Crippen LogP) is 2.04. The quantitative estimate of drug-likeness (QED) is 0.421. The summed E-state index contributed by atoms with van der Waals surface area (Å²) < 4.78 is 0. The third-order valence-corrected chi connectivity index (χ3v) is 1.83. The highest BCUT2D eigenvalue weighted by atomic mass is 32.1. The summed E-state index contributed by atoms with van der Waals surface area (Å²) in [5.41, 5.74) is 3.87. The molecule has 0 aromatic heterocycles. The van der Waals surface area contributed by atoms with E-state index >= 15 is 0 Å². The van der Waals surface area contributed by atoms with E-state index in [4.69, 9.17) is 0 Å². The molecule has 1 aromatic carbocycles. The molecule has 12 heavy (non-hydrogen) atoms. The zero-order chi connectivity index (χ0) is 8.65. The van der Waals surface area contributed by atoms with E-state index in [9.17, 15) is 0 Å². The summed E-state index contributed by atoms with van der Waals surface area (Å²) in [7, 11) is 0. The zero-order valence-electron chi connectivity index (χ0n) is 6.92. The van der Waals surface area contributed by atoms with Crippen molar-refractivity contribution in [1.29, 1.82) is 0 Å². The Morgan fingerprint density at radius 1 is 1.25 bits per heavy atom. The highest BCUT2D eigenvalue weighted by Gasteiger charge is 1.89. The van der Waals surface area contributed by atoms with Crippen LogP contribution in [-0.2, 0) is 6.42 Å². The van der Waals surface area contributed by atoms with Crippen LogP contribution < -0.4 is 5.32 Å². The van der Waals surface area contributed by atoms with Crippen molar-refractivity contribution >= 4 is 17.7 Å². The molecule has 0 bridgehead atoms. The number of hydrogen-bond acceptors (Lipinski definition) is 1. The molecule has 0 spiro atoms.